The van der Waals surface area contributed by atoms with Crippen LogP contribution in [0.2, 0.25) is 0 Å². The Morgan fingerprint density at radius 1 is 1.20 bits per heavy atom. The molecule has 25 heavy (non-hydrogen) atoms. The lowest BCUT2D eigenvalue weighted by Gasteiger charge is -2.16. The normalized spacial score (nSPS) is 24.4. The van der Waals surface area contributed by atoms with Gasteiger partial charge in [0.2, 0.25) is 0 Å². The lowest BCUT2D eigenvalue weighted by molar-refractivity contribution is 0.0978. The summed E-state index contributed by atoms with van der Waals surface area (Å²) in [6, 6.07) is 5.72. The molecule has 2 aliphatic rings. The van der Waals surface area contributed by atoms with Crippen molar-refractivity contribution in [3.63, 3.8) is 0 Å². The number of ether oxygens (including phenoxy) is 2. The molecule has 3 atom stereocenters. The molecule has 0 saturated carbocycles. The maximum absolute atomic E-state index is 12.4. The van der Waals surface area contributed by atoms with Crippen LogP contribution in [-0.2, 0) is 0 Å². The SMILES string of the molecule is COc1ccc(C(=O)CCCCC2SCC3NC(=O)NC32)cc1OC. The molecule has 2 saturated heterocycles. The number of ketones is 1. The van der Waals surface area contributed by atoms with Gasteiger partial charge in [-0.05, 0) is 31.0 Å². The van der Waals surface area contributed by atoms with E-state index in [9.17, 15) is 9.59 Å². The zero-order valence-corrected chi connectivity index (χ0v) is 15.4. The number of methoxy groups -OCH3 is 2. The molecule has 1 aromatic rings. The first kappa shape index (κ1) is 17.9. The first-order chi connectivity index (χ1) is 12.1. The van der Waals surface area contributed by atoms with E-state index in [4.69, 9.17) is 9.47 Å². The highest BCUT2D eigenvalue weighted by Crippen LogP contribution is 2.33. The highest BCUT2D eigenvalue weighted by atomic mass is 32.2. The highest BCUT2D eigenvalue weighted by Gasteiger charge is 2.42. The lowest BCUT2D eigenvalue weighted by atomic mass is 10.0. The first-order valence-electron chi connectivity index (χ1n) is 8.56. The van der Waals surface area contributed by atoms with Gasteiger partial charge < -0.3 is 20.1 Å². The van der Waals surface area contributed by atoms with Crippen molar-refractivity contribution < 1.29 is 19.1 Å². The van der Waals surface area contributed by atoms with E-state index in [1.165, 1.54) is 0 Å². The van der Waals surface area contributed by atoms with Crippen LogP contribution < -0.4 is 20.1 Å². The first-order valence-corrected chi connectivity index (χ1v) is 9.61. The Morgan fingerprint density at radius 2 is 2.00 bits per heavy atom. The average Bonchev–Trinajstić information content (AvgIpc) is 3.17. The summed E-state index contributed by atoms with van der Waals surface area (Å²) in [4.78, 5) is 23.7. The number of fused-ring (bicyclic) bond motifs is 1. The number of amides is 2. The van der Waals surface area contributed by atoms with Crippen LogP contribution in [0.15, 0.2) is 18.2 Å². The minimum absolute atomic E-state index is 0.0519. The number of nitrogens with one attached hydrogen (secondary N) is 2. The van der Waals surface area contributed by atoms with Crippen molar-refractivity contribution in [1.29, 1.82) is 0 Å². The van der Waals surface area contributed by atoms with Crippen molar-refractivity contribution in [2.24, 2.45) is 0 Å². The average molecular weight is 364 g/mol. The molecule has 136 valence electrons. The Kier molecular flexibility index (Phi) is 5.73. The second-order valence-electron chi connectivity index (χ2n) is 6.36. The summed E-state index contributed by atoms with van der Waals surface area (Å²) in [5, 5.41) is 6.39. The molecule has 2 amide bonds. The molecule has 1 aromatic carbocycles. The summed E-state index contributed by atoms with van der Waals surface area (Å²) >= 11 is 1.91. The van der Waals surface area contributed by atoms with Gasteiger partial charge in [0.1, 0.15) is 0 Å². The quantitative estimate of drug-likeness (QED) is 0.421. The molecule has 0 aliphatic carbocycles. The fourth-order valence-electron chi connectivity index (χ4n) is 3.43. The van der Waals surface area contributed by atoms with Crippen molar-refractivity contribution >= 4 is 23.6 Å². The van der Waals surface area contributed by atoms with Crippen LogP contribution in [0.25, 0.3) is 0 Å². The molecule has 2 N–H and O–H groups in total. The summed E-state index contributed by atoms with van der Waals surface area (Å²) in [6.07, 6.45) is 3.37. The molecule has 3 unspecified atom stereocenters. The Morgan fingerprint density at radius 3 is 2.76 bits per heavy atom. The molecular weight excluding hydrogens is 340 g/mol. The van der Waals surface area contributed by atoms with Crippen LogP contribution in [0.3, 0.4) is 0 Å². The molecule has 7 heteroatoms. The number of carbonyl (C=O) groups excluding carboxylic acids is 2. The van der Waals surface area contributed by atoms with Gasteiger partial charge in [-0.1, -0.05) is 6.42 Å². The molecule has 2 heterocycles. The van der Waals surface area contributed by atoms with Crippen LogP contribution in [0.1, 0.15) is 36.0 Å². The van der Waals surface area contributed by atoms with Gasteiger partial charge in [0.05, 0.1) is 26.3 Å². The van der Waals surface area contributed by atoms with Crippen molar-refractivity contribution in [2.75, 3.05) is 20.0 Å². The molecule has 2 aliphatic heterocycles. The number of Topliss-reactive ketones (excluding diaryl/α,β-unsaturated/α-hetero) is 1. The summed E-state index contributed by atoms with van der Waals surface area (Å²) < 4.78 is 10.4. The third kappa shape index (κ3) is 4.03. The number of urea groups is 1. The second kappa shape index (κ2) is 7.99. The van der Waals surface area contributed by atoms with E-state index in [0.717, 1.165) is 25.0 Å². The van der Waals surface area contributed by atoms with E-state index in [0.29, 0.717) is 28.7 Å². The number of benzene rings is 1. The van der Waals surface area contributed by atoms with Gasteiger partial charge in [0.15, 0.2) is 17.3 Å². The summed E-state index contributed by atoms with van der Waals surface area (Å²) in [7, 11) is 3.14. The zero-order valence-electron chi connectivity index (χ0n) is 14.5. The minimum Gasteiger partial charge on any atom is -0.493 e. The topological polar surface area (TPSA) is 76.7 Å². The summed E-state index contributed by atoms with van der Waals surface area (Å²) in [5.41, 5.74) is 0.653. The number of hydrogen-bond donors (Lipinski definition) is 2. The van der Waals surface area contributed by atoms with Crippen molar-refractivity contribution in [3.05, 3.63) is 23.8 Å². The van der Waals surface area contributed by atoms with Gasteiger partial charge in [-0.25, -0.2) is 4.79 Å². The fourth-order valence-corrected chi connectivity index (χ4v) is 4.97. The van der Waals surface area contributed by atoms with Crippen molar-refractivity contribution in [3.8, 4) is 11.5 Å². The lowest BCUT2D eigenvalue weighted by Crippen LogP contribution is -2.36. The molecule has 0 radical (unpaired) electrons. The fraction of sp³-hybridized carbons (Fsp3) is 0.556. The monoisotopic (exact) mass is 364 g/mol. The van der Waals surface area contributed by atoms with Crippen LogP contribution >= 0.6 is 11.8 Å². The molecule has 0 bridgehead atoms. The van der Waals surface area contributed by atoms with Gasteiger partial charge in [0, 0.05) is 23.0 Å². The van der Waals surface area contributed by atoms with Gasteiger partial charge in [-0.3, -0.25) is 4.79 Å². The predicted octanol–water partition coefficient (Wildman–Crippen LogP) is 2.61. The summed E-state index contributed by atoms with van der Waals surface area (Å²) in [6.45, 7) is 0. The standard InChI is InChI=1S/C18H24N2O4S/c1-23-14-8-7-11(9-15(14)24-2)13(21)5-3-4-6-16-17-12(10-25-16)19-18(22)20-17/h7-9,12,16-17H,3-6,10H2,1-2H3,(H2,19,20,22). The zero-order chi connectivity index (χ0) is 17.8. The van der Waals surface area contributed by atoms with Crippen LogP contribution in [-0.4, -0.2) is 49.1 Å². The van der Waals surface area contributed by atoms with E-state index in [1.807, 2.05) is 11.8 Å². The van der Waals surface area contributed by atoms with E-state index in [1.54, 1.807) is 32.4 Å². The maximum Gasteiger partial charge on any atom is 0.315 e. The largest absolute Gasteiger partial charge is 0.493 e. The number of carbonyl (C=O) groups is 2. The predicted molar refractivity (Wildman–Crippen MR) is 97.8 cm³/mol. The molecule has 2 fully saturated rings. The Hall–Kier alpha value is -1.89. The smallest absolute Gasteiger partial charge is 0.315 e. The second-order valence-corrected chi connectivity index (χ2v) is 7.63. The number of hydrogen-bond acceptors (Lipinski definition) is 5. The number of rotatable bonds is 8. The van der Waals surface area contributed by atoms with Gasteiger partial charge >= 0.3 is 6.03 Å². The maximum atomic E-state index is 12.4. The summed E-state index contributed by atoms with van der Waals surface area (Å²) in [5.74, 6) is 2.29. The van der Waals surface area contributed by atoms with E-state index in [-0.39, 0.29) is 23.9 Å². The van der Waals surface area contributed by atoms with Crippen molar-refractivity contribution in [2.45, 2.75) is 43.0 Å². The Bertz CT molecular complexity index is 652. The van der Waals surface area contributed by atoms with E-state index in [2.05, 4.69) is 10.6 Å². The van der Waals surface area contributed by atoms with Crippen molar-refractivity contribution in [1.82, 2.24) is 10.6 Å². The van der Waals surface area contributed by atoms with Crippen LogP contribution in [0.4, 0.5) is 4.79 Å². The third-order valence-electron chi connectivity index (χ3n) is 4.79. The molecule has 6 nitrogen and oxygen atoms in total. The van der Waals surface area contributed by atoms with Gasteiger partial charge in [0.25, 0.3) is 0 Å². The molecule has 0 aromatic heterocycles. The van der Waals surface area contributed by atoms with Gasteiger partial charge in [-0.2, -0.15) is 11.8 Å². The number of unbranched alkanes of at least 4 members (excludes halogenated alkanes) is 1. The molecule has 3 rings (SSSR count). The highest BCUT2D eigenvalue weighted by molar-refractivity contribution is 8.00. The van der Waals surface area contributed by atoms with E-state index >= 15 is 0 Å². The molecule has 0 spiro atoms. The number of thioether (sulfide) groups is 1. The Balaban J connectivity index is 1.45. The third-order valence-corrected chi connectivity index (χ3v) is 6.29. The Labute approximate surface area is 152 Å². The van der Waals surface area contributed by atoms with E-state index < -0.39 is 0 Å². The minimum atomic E-state index is -0.0519. The molecular formula is C18H24N2O4S. The van der Waals surface area contributed by atoms with Gasteiger partial charge in [-0.15, -0.1) is 0 Å². The van der Waals surface area contributed by atoms with Crippen LogP contribution in [0.5, 0.6) is 11.5 Å². The van der Waals surface area contributed by atoms with Crippen LogP contribution in [0, 0.1) is 0 Å².